The van der Waals surface area contributed by atoms with Crippen molar-refractivity contribution < 1.29 is 17.9 Å². The summed E-state index contributed by atoms with van der Waals surface area (Å²) in [5.74, 6) is 0. The van der Waals surface area contributed by atoms with Gasteiger partial charge in [0.15, 0.2) is 0 Å². The minimum absolute atomic E-state index is 1.89. The van der Waals surface area contributed by atoms with Crippen molar-refractivity contribution >= 4 is 4.61 Å². The Hall–Kier alpha value is -0.0266. The summed E-state index contributed by atoms with van der Waals surface area (Å²) in [7, 11) is 0. The van der Waals surface area contributed by atoms with Crippen LogP contribution in [0.15, 0.2) is 24.3 Å². The van der Waals surface area contributed by atoms with E-state index in [9.17, 15) is 0 Å². The zero-order valence-corrected chi connectivity index (χ0v) is 5.86. The molecule has 7 heavy (non-hydrogen) atoms. The van der Waals surface area contributed by atoms with E-state index in [-0.39, 0.29) is 0 Å². The van der Waals surface area contributed by atoms with E-state index < -0.39 is 0 Å². The van der Waals surface area contributed by atoms with Gasteiger partial charge in [-0.05, 0) is 0 Å². The van der Waals surface area contributed by atoms with Gasteiger partial charge in [-0.3, -0.25) is 0 Å². The van der Waals surface area contributed by atoms with Crippen molar-refractivity contribution in [2.24, 2.45) is 0 Å². The fraction of sp³-hybridized carbons (Fsp3) is 0.167. The van der Waals surface area contributed by atoms with Crippen molar-refractivity contribution in [1.82, 2.24) is 0 Å². The molecule has 0 aromatic carbocycles. The number of rotatable bonds is 2. The summed E-state index contributed by atoms with van der Waals surface area (Å²) in [6.07, 6.45) is 7.89. The third-order valence-electron chi connectivity index (χ3n) is 0.479. The molecule has 0 amide bonds. The van der Waals surface area contributed by atoms with Crippen LogP contribution in [0.3, 0.4) is 0 Å². The standard InChI is InChI=1S/C6H8.Rh/c1-3-5-6-4-2;/h1,3-6H,2H3;/b5-3-,6-4-;. The molecular formula is C6H8Rh. The van der Waals surface area contributed by atoms with Crippen LogP contribution in [-0.4, -0.2) is 4.61 Å². The summed E-state index contributed by atoms with van der Waals surface area (Å²) in [5.41, 5.74) is 0. The number of hydrogen-bond donors (Lipinski definition) is 0. The average Bonchev–Trinajstić information content (AvgIpc) is 1.69. The minimum atomic E-state index is 1.89. The molecule has 0 radical (unpaired) electrons. The molecule has 0 saturated carbocycles. The molecule has 0 heterocycles. The van der Waals surface area contributed by atoms with E-state index in [1.54, 1.807) is 0 Å². The first-order valence-electron chi connectivity index (χ1n) is 2.10. The Labute approximate surface area is 54.1 Å². The van der Waals surface area contributed by atoms with E-state index in [4.69, 9.17) is 0 Å². The SMILES string of the molecule is C/C=C\C=C/[CH]=[Rh]. The molecule has 1 heteroatoms. The Morgan fingerprint density at radius 1 is 1.14 bits per heavy atom. The second-order valence-electron chi connectivity index (χ2n) is 1.02. The topological polar surface area (TPSA) is 0 Å². The van der Waals surface area contributed by atoms with Crippen molar-refractivity contribution in [3.63, 3.8) is 0 Å². The second kappa shape index (κ2) is 5.97. The zero-order valence-electron chi connectivity index (χ0n) is 4.22. The van der Waals surface area contributed by atoms with Gasteiger partial charge in [-0.2, -0.15) is 0 Å². The fourth-order valence-electron chi connectivity index (χ4n) is 0.212. The van der Waals surface area contributed by atoms with Gasteiger partial charge in [0, 0.05) is 0 Å². The summed E-state index contributed by atoms with van der Waals surface area (Å²) in [6.45, 7) is 1.99. The van der Waals surface area contributed by atoms with Gasteiger partial charge in [-0.1, -0.05) is 0 Å². The van der Waals surface area contributed by atoms with Gasteiger partial charge in [-0.15, -0.1) is 0 Å². The number of allylic oxidation sites excluding steroid dienone is 4. The molecule has 0 saturated heterocycles. The molecule has 0 spiro atoms. The van der Waals surface area contributed by atoms with Crippen LogP contribution in [0, 0.1) is 0 Å². The van der Waals surface area contributed by atoms with Crippen LogP contribution >= 0.6 is 0 Å². The van der Waals surface area contributed by atoms with Crippen LogP contribution in [0.2, 0.25) is 0 Å². The zero-order chi connectivity index (χ0) is 5.54. The molecule has 0 unspecified atom stereocenters. The fourth-order valence-corrected chi connectivity index (χ4v) is 0.394. The van der Waals surface area contributed by atoms with Crippen LogP contribution in [0.4, 0.5) is 0 Å². The van der Waals surface area contributed by atoms with Crippen LogP contribution in [0.25, 0.3) is 0 Å². The molecule has 0 aliphatic rings. The molecule has 0 nitrogen and oxygen atoms in total. The average molecular weight is 183 g/mol. The van der Waals surface area contributed by atoms with Gasteiger partial charge in [0.25, 0.3) is 0 Å². The van der Waals surface area contributed by atoms with Crippen LogP contribution in [0.1, 0.15) is 6.92 Å². The Kier molecular flexibility index (Phi) is 5.95. The third-order valence-corrected chi connectivity index (χ3v) is 0.794. The van der Waals surface area contributed by atoms with E-state index in [1.165, 1.54) is 0 Å². The normalized spacial score (nSPS) is 11.1. The Morgan fingerprint density at radius 3 is 2.29 bits per heavy atom. The molecular weight excluding hydrogens is 175 g/mol. The van der Waals surface area contributed by atoms with Crippen molar-refractivity contribution in [2.45, 2.75) is 6.92 Å². The molecule has 0 aliphatic heterocycles. The summed E-state index contributed by atoms with van der Waals surface area (Å²) >= 11 is 2.67. The molecule has 0 rings (SSSR count). The molecule has 0 fully saturated rings. The predicted octanol–water partition coefficient (Wildman–Crippen LogP) is 1.47. The van der Waals surface area contributed by atoms with Gasteiger partial charge in [0.2, 0.25) is 0 Å². The van der Waals surface area contributed by atoms with E-state index in [2.05, 4.69) is 17.9 Å². The molecule has 0 aromatic rings. The van der Waals surface area contributed by atoms with Crippen molar-refractivity contribution in [1.29, 1.82) is 0 Å². The van der Waals surface area contributed by atoms with E-state index in [0.29, 0.717) is 0 Å². The van der Waals surface area contributed by atoms with E-state index in [0.717, 1.165) is 0 Å². The molecule has 41 valence electrons. The van der Waals surface area contributed by atoms with E-state index >= 15 is 0 Å². The molecule has 0 aliphatic carbocycles. The molecule has 0 atom stereocenters. The Morgan fingerprint density at radius 2 is 1.86 bits per heavy atom. The van der Waals surface area contributed by atoms with Crippen LogP contribution < -0.4 is 0 Å². The quantitative estimate of drug-likeness (QED) is 0.449. The van der Waals surface area contributed by atoms with Gasteiger partial charge >= 0.3 is 53.7 Å². The predicted molar refractivity (Wildman–Crippen MR) is 30.0 cm³/mol. The Bertz CT molecular complexity index is 90.4. The Balaban J connectivity index is 3.27. The summed E-state index contributed by atoms with van der Waals surface area (Å²) < 4.78 is 1.89. The maximum atomic E-state index is 2.67. The van der Waals surface area contributed by atoms with Gasteiger partial charge in [-0.25, -0.2) is 0 Å². The van der Waals surface area contributed by atoms with Gasteiger partial charge in [0.05, 0.1) is 0 Å². The van der Waals surface area contributed by atoms with Crippen LogP contribution in [0.5, 0.6) is 0 Å². The van der Waals surface area contributed by atoms with Crippen molar-refractivity contribution in [3.05, 3.63) is 24.3 Å². The van der Waals surface area contributed by atoms with E-state index in [1.807, 2.05) is 35.8 Å². The first-order chi connectivity index (χ1) is 3.41. The first kappa shape index (κ1) is 6.97. The number of hydrogen-bond acceptors (Lipinski definition) is 0. The second-order valence-corrected chi connectivity index (χ2v) is 1.57. The third kappa shape index (κ3) is 5.97. The maximum absolute atomic E-state index is 2.67. The first-order valence-corrected chi connectivity index (χ1v) is 3.05. The molecule has 0 aromatic heterocycles. The molecule has 0 N–H and O–H groups in total. The van der Waals surface area contributed by atoms with Crippen LogP contribution in [-0.2, 0) is 17.9 Å². The summed E-state index contributed by atoms with van der Waals surface area (Å²) in [4.78, 5) is 0. The van der Waals surface area contributed by atoms with Gasteiger partial charge in [0.1, 0.15) is 0 Å². The molecule has 0 bridgehead atoms. The summed E-state index contributed by atoms with van der Waals surface area (Å²) in [6, 6.07) is 0. The van der Waals surface area contributed by atoms with Crippen molar-refractivity contribution in [2.75, 3.05) is 0 Å². The summed E-state index contributed by atoms with van der Waals surface area (Å²) in [5, 5.41) is 0. The van der Waals surface area contributed by atoms with Crippen molar-refractivity contribution in [3.8, 4) is 0 Å². The monoisotopic (exact) mass is 183 g/mol. The van der Waals surface area contributed by atoms with Gasteiger partial charge < -0.3 is 0 Å².